The predicted octanol–water partition coefficient (Wildman–Crippen LogP) is 2.50. The van der Waals surface area contributed by atoms with Crippen LogP contribution in [0.15, 0.2) is 30.3 Å². The molecule has 0 spiro atoms. The van der Waals surface area contributed by atoms with Crippen LogP contribution >= 0.6 is 0 Å². The van der Waals surface area contributed by atoms with Crippen molar-refractivity contribution in [3.05, 3.63) is 35.9 Å². The Bertz CT molecular complexity index is 334. The van der Waals surface area contributed by atoms with E-state index in [9.17, 15) is 0 Å². The van der Waals surface area contributed by atoms with Gasteiger partial charge in [0.25, 0.3) is 0 Å². The fourth-order valence-corrected chi connectivity index (χ4v) is 2.43. The van der Waals surface area contributed by atoms with Gasteiger partial charge in [0.05, 0.1) is 0 Å². The molecule has 1 heterocycles. The number of benzene rings is 1. The third kappa shape index (κ3) is 3.30. The molecule has 2 rings (SSSR count). The third-order valence-electron chi connectivity index (χ3n) is 3.76. The number of nitrogens with zero attached hydrogens (tertiary/aromatic N) is 1. The van der Waals surface area contributed by atoms with Crippen molar-refractivity contribution >= 4 is 0 Å². The number of hydrogen-bond donors (Lipinski definition) is 1. The minimum absolute atomic E-state index is 0.630. The molecule has 1 saturated heterocycles. The summed E-state index contributed by atoms with van der Waals surface area (Å²) in [4.78, 5) is 2.59. The first-order valence-corrected chi connectivity index (χ1v) is 6.68. The Kier molecular flexibility index (Phi) is 4.19. The molecular formula is C15H24N2. The van der Waals surface area contributed by atoms with Gasteiger partial charge in [-0.1, -0.05) is 44.2 Å². The minimum Gasteiger partial charge on any atom is -0.311 e. The van der Waals surface area contributed by atoms with Gasteiger partial charge in [-0.25, -0.2) is 0 Å². The predicted molar refractivity (Wildman–Crippen MR) is 72.9 cm³/mol. The van der Waals surface area contributed by atoms with Gasteiger partial charge < -0.3 is 5.32 Å². The second kappa shape index (κ2) is 5.65. The Balaban J connectivity index is 1.99. The van der Waals surface area contributed by atoms with Crippen molar-refractivity contribution in [2.45, 2.75) is 39.4 Å². The Morgan fingerprint density at radius 1 is 1.29 bits per heavy atom. The zero-order valence-electron chi connectivity index (χ0n) is 11.2. The lowest BCUT2D eigenvalue weighted by molar-refractivity contribution is 0.116. The van der Waals surface area contributed by atoms with Crippen LogP contribution in [0.1, 0.15) is 26.3 Å². The molecular weight excluding hydrogens is 208 g/mol. The molecule has 1 N–H and O–H groups in total. The SMILES string of the molecule is CC(C)[C@@H]1CN(Cc2ccccc2)[C@H](C)CN1. The second-order valence-electron chi connectivity index (χ2n) is 5.52. The summed E-state index contributed by atoms with van der Waals surface area (Å²) in [7, 11) is 0. The van der Waals surface area contributed by atoms with Crippen LogP contribution in [0.2, 0.25) is 0 Å². The van der Waals surface area contributed by atoms with Crippen molar-refractivity contribution in [3.63, 3.8) is 0 Å². The van der Waals surface area contributed by atoms with Crippen molar-refractivity contribution in [2.24, 2.45) is 5.92 Å². The van der Waals surface area contributed by atoms with E-state index >= 15 is 0 Å². The van der Waals surface area contributed by atoms with E-state index in [4.69, 9.17) is 0 Å². The fraction of sp³-hybridized carbons (Fsp3) is 0.600. The number of hydrogen-bond acceptors (Lipinski definition) is 2. The van der Waals surface area contributed by atoms with Crippen LogP contribution in [0.3, 0.4) is 0 Å². The highest BCUT2D eigenvalue weighted by atomic mass is 15.2. The highest BCUT2D eigenvalue weighted by molar-refractivity contribution is 5.14. The number of piperazine rings is 1. The molecule has 1 fully saturated rings. The van der Waals surface area contributed by atoms with Crippen LogP contribution in [-0.4, -0.2) is 30.1 Å². The van der Waals surface area contributed by atoms with Crippen molar-refractivity contribution < 1.29 is 0 Å². The highest BCUT2D eigenvalue weighted by Gasteiger charge is 2.26. The smallest absolute Gasteiger partial charge is 0.0237 e. The molecule has 0 aromatic heterocycles. The van der Waals surface area contributed by atoms with Gasteiger partial charge in [-0.05, 0) is 18.4 Å². The van der Waals surface area contributed by atoms with Crippen LogP contribution in [-0.2, 0) is 6.54 Å². The second-order valence-corrected chi connectivity index (χ2v) is 5.52. The van der Waals surface area contributed by atoms with Crippen LogP contribution in [0.25, 0.3) is 0 Å². The molecule has 2 atom stereocenters. The Labute approximate surface area is 105 Å². The average Bonchev–Trinajstić information content (AvgIpc) is 2.33. The summed E-state index contributed by atoms with van der Waals surface area (Å²) in [5, 5.41) is 3.64. The molecule has 0 saturated carbocycles. The maximum atomic E-state index is 3.64. The largest absolute Gasteiger partial charge is 0.311 e. The standard InChI is InChI=1S/C15H24N2/c1-12(2)15-11-17(13(3)9-16-15)10-14-7-5-4-6-8-14/h4-8,12-13,15-16H,9-11H2,1-3H3/t13-,15+/m1/s1. The molecule has 0 unspecified atom stereocenters. The van der Waals surface area contributed by atoms with E-state index in [2.05, 4.69) is 61.3 Å². The first kappa shape index (κ1) is 12.6. The minimum atomic E-state index is 0.630. The number of rotatable bonds is 3. The normalized spacial score (nSPS) is 26.4. The van der Waals surface area contributed by atoms with E-state index in [0.29, 0.717) is 18.0 Å². The summed E-state index contributed by atoms with van der Waals surface area (Å²) in [5.41, 5.74) is 1.42. The van der Waals surface area contributed by atoms with Gasteiger partial charge in [0.1, 0.15) is 0 Å². The summed E-state index contributed by atoms with van der Waals surface area (Å²) < 4.78 is 0. The molecule has 0 amide bonds. The molecule has 0 radical (unpaired) electrons. The lowest BCUT2D eigenvalue weighted by atomic mass is 9.99. The fourth-order valence-electron chi connectivity index (χ4n) is 2.43. The monoisotopic (exact) mass is 232 g/mol. The molecule has 1 aromatic carbocycles. The summed E-state index contributed by atoms with van der Waals surface area (Å²) in [6.07, 6.45) is 0. The van der Waals surface area contributed by atoms with Crippen LogP contribution in [0.5, 0.6) is 0 Å². The Hall–Kier alpha value is -0.860. The summed E-state index contributed by atoms with van der Waals surface area (Å²) >= 11 is 0. The van der Waals surface area contributed by atoms with E-state index in [1.165, 1.54) is 5.56 Å². The molecule has 0 bridgehead atoms. The van der Waals surface area contributed by atoms with Gasteiger partial charge >= 0.3 is 0 Å². The van der Waals surface area contributed by atoms with Crippen molar-refractivity contribution in [1.82, 2.24) is 10.2 Å². The first-order chi connectivity index (χ1) is 8.16. The van der Waals surface area contributed by atoms with E-state index in [1.54, 1.807) is 0 Å². The van der Waals surface area contributed by atoms with Crippen LogP contribution in [0.4, 0.5) is 0 Å². The van der Waals surface area contributed by atoms with E-state index in [0.717, 1.165) is 19.6 Å². The van der Waals surface area contributed by atoms with Crippen molar-refractivity contribution in [1.29, 1.82) is 0 Å². The Morgan fingerprint density at radius 2 is 2.00 bits per heavy atom. The van der Waals surface area contributed by atoms with E-state index in [-0.39, 0.29) is 0 Å². The molecule has 17 heavy (non-hydrogen) atoms. The lowest BCUT2D eigenvalue weighted by Crippen LogP contribution is -2.56. The molecule has 94 valence electrons. The third-order valence-corrected chi connectivity index (χ3v) is 3.76. The van der Waals surface area contributed by atoms with Crippen molar-refractivity contribution in [3.8, 4) is 0 Å². The average molecular weight is 232 g/mol. The van der Waals surface area contributed by atoms with Gasteiger partial charge in [-0.15, -0.1) is 0 Å². The Morgan fingerprint density at radius 3 is 2.65 bits per heavy atom. The maximum absolute atomic E-state index is 3.64. The lowest BCUT2D eigenvalue weighted by Gasteiger charge is -2.40. The summed E-state index contributed by atoms with van der Waals surface area (Å²) in [5.74, 6) is 0.709. The number of nitrogens with one attached hydrogen (secondary N) is 1. The highest BCUT2D eigenvalue weighted by Crippen LogP contribution is 2.15. The molecule has 1 aliphatic rings. The van der Waals surface area contributed by atoms with E-state index < -0.39 is 0 Å². The molecule has 2 heteroatoms. The van der Waals surface area contributed by atoms with Gasteiger partial charge in [0.2, 0.25) is 0 Å². The van der Waals surface area contributed by atoms with Crippen LogP contribution < -0.4 is 5.32 Å². The first-order valence-electron chi connectivity index (χ1n) is 6.68. The topological polar surface area (TPSA) is 15.3 Å². The van der Waals surface area contributed by atoms with Gasteiger partial charge in [0.15, 0.2) is 0 Å². The molecule has 1 aliphatic heterocycles. The van der Waals surface area contributed by atoms with Gasteiger partial charge in [0, 0.05) is 31.7 Å². The molecule has 1 aromatic rings. The molecule has 0 aliphatic carbocycles. The van der Waals surface area contributed by atoms with Gasteiger partial charge in [-0.3, -0.25) is 4.90 Å². The quantitative estimate of drug-likeness (QED) is 0.861. The van der Waals surface area contributed by atoms with Gasteiger partial charge in [-0.2, -0.15) is 0 Å². The zero-order valence-corrected chi connectivity index (χ0v) is 11.2. The summed E-state index contributed by atoms with van der Waals surface area (Å²) in [6, 6.07) is 12.0. The zero-order chi connectivity index (χ0) is 12.3. The maximum Gasteiger partial charge on any atom is 0.0237 e. The van der Waals surface area contributed by atoms with Crippen LogP contribution in [0, 0.1) is 5.92 Å². The molecule has 2 nitrogen and oxygen atoms in total. The summed E-state index contributed by atoms with van der Waals surface area (Å²) in [6.45, 7) is 10.3. The van der Waals surface area contributed by atoms with Crippen molar-refractivity contribution in [2.75, 3.05) is 13.1 Å². The van der Waals surface area contributed by atoms with E-state index in [1.807, 2.05) is 0 Å².